The Morgan fingerprint density at radius 3 is 2.42 bits per heavy atom. The SMILES string of the molecule is CCOc1ccccc1N(CC(=O)Nc1cccc(Cl)c1C)S(=O)(=O)c1ccc(SC)cc1. The summed E-state index contributed by atoms with van der Waals surface area (Å²) in [6, 6.07) is 18.5. The van der Waals surface area contributed by atoms with Gasteiger partial charge in [0.25, 0.3) is 10.0 Å². The maximum Gasteiger partial charge on any atom is 0.264 e. The minimum Gasteiger partial charge on any atom is -0.492 e. The van der Waals surface area contributed by atoms with Gasteiger partial charge in [0.05, 0.1) is 17.2 Å². The molecule has 0 fully saturated rings. The predicted molar refractivity (Wildman–Crippen MR) is 135 cm³/mol. The molecule has 3 rings (SSSR count). The van der Waals surface area contributed by atoms with Crippen LogP contribution in [0, 0.1) is 6.92 Å². The number of carbonyl (C=O) groups is 1. The van der Waals surface area contributed by atoms with E-state index >= 15 is 0 Å². The topological polar surface area (TPSA) is 75.7 Å². The standard InChI is InChI=1S/C24H25ClN2O4S2/c1-4-31-23-11-6-5-10-22(23)27(33(29,30)19-14-12-18(32-3)13-15-19)16-24(28)26-21-9-7-8-20(25)17(21)2/h5-15H,4,16H2,1-3H3,(H,26,28). The number of ether oxygens (including phenoxy) is 1. The van der Waals surface area contributed by atoms with Crippen LogP contribution in [0.1, 0.15) is 12.5 Å². The molecule has 0 spiro atoms. The Morgan fingerprint density at radius 1 is 1.06 bits per heavy atom. The van der Waals surface area contributed by atoms with Crippen LogP contribution in [-0.2, 0) is 14.8 Å². The van der Waals surface area contributed by atoms with E-state index in [1.165, 1.54) is 23.9 Å². The summed E-state index contributed by atoms with van der Waals surface area (Å²) in [5, 5.41) is 3.28. The number of amides is 1. The summed E-state index contributed by atoms with van der Waals surface area (Å²) in [7, 11) is -4.07. The second kappa shape index (κ2) is 11.0. The summed E-state index contributed by atoms with van der Waals surface area (Å²) in [5.74, 6) is -0.132. The first-order valence-corrected chi connectivity index (χ1v) is 13.3. The van der Waals surface area contributed by atoms with Gasteiger partial charge in [0.2, 0.25) is 5.91 Å². The lowest BCUT2D eigenvalue weighted by atomic mass is 10.2. The fourth-order valence-electron chi connectivity index (χ4n) is 3.18. The van der Waals surface area contributed by atoms with Crippen LogP contribution in [0.25, 0.3) is 0 Å². The Morgan fingerprint density at radius 2 is 1.76 bits per heavy atom. The maximum atomic E-state index is 13.7. The van der Waals surface area contributed by atoms with Gasteiger partial charge in [-0.3, -0.25) is 9.10 Å². The molecule has 0 aliphatic rings. The van der Waals surface area contributed by atoms with Crippen molar-refractivity contribution in [3.63, 3.8) is 0 Å². The first kappa shape index (κ1) is 25.0. The molecule has 33 heavy (non-hydrogen) atoms. The average molecular weight is 505 g/mol. The summed E-state index contributed by atoms with van der Waals surface area (Å²) in [4.78, 5) is 14.0. The Labute approximate surface area is 204 Å². The van der Waals surface area contributed by atoms with Gasteiger partial charge < -0.3 is 10.1 Å². The van der Waals surface area contributed by atoms with Crippen molar-refractivity contribution in [2.24, 2.45) is 0 Å². The molecule has 0 saturated heterocycles. The van der Waals surface area contributed by atoms with E-state index in [2.05, 4.69) is 5.32 Å². The zero-order chi connectivity index (χ0) is 24.0. The fourth-order valence-corrected chi connectivity index (χ4v) is 5.19. The molecule has 1 amide bonds. The zero-order valence-corrected chi connectivity index (χ0v) is 20.9. The van der Waals surface area contributed by atoms with Crippen LogP contribution >= 0.6 is 23.4 Å². The molecular weight excluding hydrogens is 480 g/mol. The number of hydrogen-bond acceptors (Lipinski definition) is 5. The molecule has 1 N–H and O–H groups in total. The van der Waals surface area contributed by atoms with Gasteiger partial charge in [0.15, 0.2) is 0 Å². The number of halogens is 1. The maximum absolute atomic E-state index is 13.7. The second-order valence-corrected chi connectivity index (χ2v) is 10.2. The monoisotopic (exact) mass is 504 g/mol. The van der Waals surface area contributed by atoms with Crippen LogP contribution in [-0.4, -0.2) is 33.7 Å². The van der Waals surface area contributed by atoms with E-state index in [-0.39, 0.29) is 10.6 Å². The van der Waals surface area contributed by atoms with Crippen LogP contribution < -0.4 is 14.4 Å². The first-order valence-electron chi connectivity index (χ1n) is 10.2. The number of anilines is 2. The number of thioether (sulfide) groups is 1. The fraction of sp³-hybridized carbons (Fsp3) is 0.208. The van der Waals surface area contributed by atoms with Crippen molar-refractivity contribution in [1.82, 2.24) is 0 Å². The number of rotatable bonds is 9. The molecule has 9 heteroatoms. The smallest absolute Gasteiger partial charge is 0.264 e. The van der Waals surface area contributed by atoms with Crippen LogP contribution in [0.5, 0.6) is 5.75 Å². The normalized spacial score (nSPS) is 11.2. The van der Waals surface area contributed by atoms with E-state index in [4.69, 9.17) is 16.3 Å². The highest BCUT2D eigenvalue weighted by atomic mass is 35.5. The van der Waals surface area contributed by atoms with E-state index in [1.807, 2.05) is 13.2 Å². The van der Waals surface area contributed by atoms with Gasteiger partial charge in [-0.15, -0.1) is 11.8 Å². The third-order valence-electron chi connectivity index (χ3n) is 4.91. The minimum atomic E-state index is -4.07. The van der Waals surface area contributed by atoms with Crippen molar-refractivity contribution in [3.8, 4) is 5.75 Å². The van der Waals surface area contributed by atoms with Gasteiger partial charge >= 0.3 is 0 Å². The molecular formula is C24H25ClN2O4S2. The quantitative estimate of drug-likeness (QED) is 0.384. The highest BCUT2D eigenvalue weighted by Gasteiger charge is 2.29. The first-order chi connectivity index (χ1) is 15.8. The number of nitrogens with one attached hydrogen (secondary N) is 1. The van der Waals surface area contributed by atoms with Crippen molar-refractivity contribution >= 4 is 50.7 Å². The predicted octanol–water partition coefficient (Wildman–Crippen LogP) is 5.60. The third kappa shape index (κ3) is 5.82. The van der Waals surface area contributed by atoms with Crippen LogP contribution in [0.3, 0.4) is 0 Å². The van der Waals surface area contributed by atoms with Gasteiger partial charge in [-0.05, 0) is 74.2 Å². The molecule has 0 unspecified atom stereocenters. The van der Waals surface area contributed by atoms with Gasteiger partial charge in [-0.25, -0.2) is 8.42 Å². The average Bonchev–Trinajstić information content (AvgIpc) is 2.81. The zero-order valence-electron chi connectivity index (χ0n) is 18.5. The van der Waals surface area contributed by atoms with Gasteiger partial charge in [-0.1, -0.05) is 29.8 Å². The second-order valence-electron chi connectivity index (χ2n) is 7.05. The molecule has 6 nitrogen and oxygen atoms in total. The van der Waals surface area contributed by atoms with E-state index in [9.17, 15) is 13.2 Å². The molecule has 0 aliphatic heterocycles. The molecule has 0 bridgehead atoms. The lowest BCUT2D eigenvalue weighted by molar-refractivity contribution is -0.114. The Hall–Kier alpha value is -2.68. The van der Waals surface area contributed by atoms with Crippen molar-refractivity contribution in [1.29, 1.82) is 0 Å². The van der Waals surface area contributed by atoms with E-state index in [1.54, 1.807) is 61.5 Å². The molecule has 0 aromatic heterocycles. The van der Waals surface area contributed by atoms with Crippen molar-refractivity contribution < 1.29 is 17.9 Å². The minimum absolute atomic E-state index is 0.0818. The molecule has 0 atom stereocenters. The summed E-state index contributed by atoms with van der Waals surface area (Å²) in [5.41, 5.74) is 1.50. The number of nitrogens with zero attached hydrogens (tertiary/aromatic N) is 1. The molecule has 0 radical (unpaired) electrons. The van der Waals surface area contributed by atoms with Crippen molar-refractivity contribution in [2.75, 3.05) is 29.0 Å². The van der Waals surface area contributed by atoms with Gasteiger partial charge in [0, 0.05) is 15.6 Å². The number of carbonyl (C=O) groups excluding carboxylic acids is 1. The molecule has 3 aromatic rings. The van der Waals surface area contributed by atoms with Crippen LogP contribution in [0.2, 0.25) is 5.02 Å². The Bertz CT molecular complexity index is 1230. The summed E-state index contributed by atoms with van der Waals surface area (Å²) in [6.45, 7) is 3.50. The van der Waals surface area contributed by atoms with Crippen LogP contribution in [0.15, 0.2) is 76.5 Å². The van der Waals surface area contributed by atoms with E-state index < -0.39 is 22.5 Å². The van der Waals surface area contributed by atoms with Gasteiger partial charge in [-0.2, -0.15) is 0 Å². The highest BCUT2D eigenvalue weighted by molar-refractivity contribution is 7.98. The molecule has 174 valence electrons. The lowest BCUT2D eigenvalue weighted by Gasteiger charge is -2.26. The molecule has 0 saturated carbocycles. The lowest BCUT2D eigenvalue weighted by Crippen LogP contribution is -2.38. The Balaban J connectivity index is 2.02. The summed E-state index contributed by atoms with van der Waals surface area (Å²) < 4.78 is 34.1. The number of sulfonamides is 1. The van der Waals surface area contributed by atoms with E-state index in [0.29, 0.717) is 28.6 Å². The number of para-hydroxylation sites is 2. The Kier molecular flexibility index (Phi) is 8.29. The van der Waals surface area contributed by atoms with Crippen molar-refractivity contribution in [3.05, 3.63) is 77.3 Å². The summed E-state index contributed by atoms with van der Waals surface area (Å²) >= 11 is 7.67. The molecule has 3 aromatic carbocycles. The van der Waals surface area contributed by atoms with Crippen LogP contribution in [0.4, 0.5) is 11.4 Å². The third-order valence-corrected chi connectivity index (χ3v) is 7.84. The highest BCUT2D eigenvalue weighted by Crippen LogP contribution is 2.33. The number of hydrogen-bond donors (Lipinski definition) is 1. The van der Waals surface area contributed by atoms with Gasteiger partial charge in [0.1, 0.15) is 12.3 Å². The molecule has 0 heterocycles. The van der Waals surface area contributed by atoms with Crippen molar-refractivity contribution in [2.45, 2.75) is 23.6 Å². The van der Waals surface area contributed by atoms with E-state index in [0.717, 1.165) is 9.20 Å². The molecule has 0 aliphatic carbocycles. The largest absolute Gasteiger partial charge is 0.492 e. The number of benzene rings is 3. The summed E-state index contributed by atoms with van der Waals surface area (Å²) in [6.07, 6.45) is 1.91.